The highest BCUT2D eigenvalue weighted by molar-refractivity contribution is 8.00. The van der Waals surface area contributed by atoms with Gasteiger partial charge in [0.2, 0.25) is 5.91 Å². The summed E-state index contributed by atoms with van der Waals surface area (Å²) in [5.41, 5.74) is 1.75. The topological polar surface area (TPSA) is 89.5 Å². The Labute approximate surface area is 185 Å². The molecule has 0 aliphatic heterocycles. The van der Waals surface area contributed by atoms with Crippen molar-refractivity contribution >= 4 is 29.3 Å². The lowest BCUT2D eigenvalue weighted by Gasteiger charge is -2.12. The number of nitrogens with one attached hydrogen (secondary N) is 2. The molecule has 7 nitrogen and oxygen atoms in total. The number of carbonyl (C=O) groups is 2. The third kappa shape index (κ3) is 6.23. The van der Waals surface area contributed by atoms with Crippen LogP contribution in [-0.4, -0.2) is 36.8 Å². The molecule has 0 saturated carbocycles. The van der Waals surface area contributed by atoms with E-state index in [-0.39, 0.29) is 17.6 Å². The van der Waals surface area contributed by atoms with Gasteiger partial charge in [-0.05, 0) is 42.0 Å². The third-order valence-electron chi connectivity index (χ3n) is 4.35. The molecule has 3 aromatic rings. The molecule has 0 aliphatic rings. The number of nitrogens with zero attached hydrogens (tertiary/aromatic N) is 1. The Kier molecular flexibility index (Phi) is 7.89. The van der Waals surface area contributed by atoms with E-state index in [1.807, 2.05) is 24.3 Å². The number of amides is 2. The third-order valence-corrected chi connectivity index (χ3v) is 5.34. The Morgan fingerprint density at radius 3 is 2.55 bits per heavy atom. The zero-order valence-electron chi connectivity index (χ0n) is 17.3. The summed E-state index contributed by atoms with van der Waals surface area (Å²) in [5, 5.41) is 5.67. The molecule has 31 heavy (non-hydrogen) atoms. The molecule has 0 aliphatic carbocycles. The van der Waals surface area contributed by atoms with E-state index in [0.717, 1.165) is 10.5 Å². The fourth-order valence-electron chi connectivity index (χ4n) is 2.81. The summed E-state index contributed by atoms with van der Waals surface area (Å²) in [6.07, 6.45) is 3.37. The van der Waals surface area contributed by atoms with Gasteiger partial charge in [0, 0.05) is 23.8 Å². The first-order chi connectivity index (χ1) is 15.1. The van der Waals surface area contributed by atoms with Gasteiger partial charge in [-0.15, -0.1) is 11.8 Å². The Balaban J connectivity index is 1.59. The van der Waals surface area contributed by atoms with E-state index in [1.165, 1.54) is 11.8 Å². The number of para-hydroxylation sites is 1. The quantitative estimate of drug-likeness (QED) is 0.496. The molecule has 2 N–H and O–H groups in total. The van der Waals surface area contributed by atoms with Gasteiger partial charge in [-0.3, -0.25) is 14.6 Å². The zero-order chi connectivity index (χ0) is 22.1. The van der Waals surface area contributed by atoms with Crippen molar-refractivity contribution in [2.24, 2.45) is 0 Å². The van der Waals surface area contributed by atoms with Crippen LogP contribution in [0.2, 0.25) is 0 Å². The molecule has 0 radical (unpaired) electrons. The van der Waals surface area contributed by atoms with Gasteiger partial charge in [0.05, 0.1) is 31.2 Å². The van der Waals surface area contributed by atoms with Gasteiger partial charge in [-0.2, -0.15) is 0 Å². The Bertz CT molecular complexity index is 1040. The van der Waals surface area contributed by atoms with Crippen LogP contribution in [-0.2, 0) is 11.3 Å². The molecule has 0 atom stereocenters. The molecule has 0 spiro atoms. The largest absolute Gasteiger partial charge is 0.493 e. The number of carbonyl (C=O) groups excluding carboxylic acids is 2. The second-order valence-electron chi connectivity index (χ2n) is 6.44. The van der Waals surface area contributed by atoms with E-state index >= 15 is 0 Å². The van der Waals surface area contributed by atoms with E-state index in [9.17, 15) is 9.59 Å². The normalized spacial score (nSPS) is 10.3. The number of thioether (sulfide) groups is 1. The average Bonchev–Trinajstić information content (AvgIpc) is 2.82. The van der Waals surface area contributed by atoms with Crippen LogP contribution in [0.1, 0.15) is 15.9 Å². The predicted molar refractivity (Wildman–Crippen MR) is 121 cm³/mol. The second-order valence-corrected chi connectivity index (χ2v) is 7.49. The van der Waals surface area contributed by atoms with Crippen molar-refractivity contribution < 1.29 is 19.1 Å². The maximum atomic E-state index is 12.6. The summed E-state index contributed by atoms with van der Waals surface area (Å²) in [5.74, 6) is 0.923. The molecule has 1 heterocycles. The van der Waals surface area contributed by atoms with Crippen molar-refractivity contribution in [1.29, 1.82) is 0 Å². The van der Waals surface area contributed by atoms with Crippen molar-refractivity contribution in [3.63, 3.8) is 0 Å². The van der Waals surface area contributed by atoms with Crippen molar-refractivity contribution in [3.8, 4) is 11.5 Å². The molecule has 0 fully saturated rings. The zero-order valence-corrected chi connectivity index (χ0v) is 18.1. The van der Waals surface area contributed by atoms with Crippen molar-refractivity contribution in [2.45, 2.75) is 11.4 Å². The molecule has 0 unspecified atom stereocenters. The lowest BCUT2D eigenvalue weighted by atomic mass is 10.1. The minimum atomic E-state index is -0.271. The molecule has 160 valence electrons. The number of methoxy groups -OCH3 is 2. The van der Waals surface area contributed by atoms with E-state index in [2.05, 4.69) is 15.6 Å². The van der Waals surface area contributed by atoms with Crippen LogP contribution in [0.15, 0.2) is 71.9 Å². The number of rotatable bonds is 9. The fraction of sp³-hybridized carbons (Fsp3) is 0.174. The Morgan fingerprint density at radius 1 is 1.00 bits per heavy atom. The van der Waals surface area contributed by atoms with Crippen LogP contribution in [0.4, 0.5) is 5.69 Å². The van der Waals surface area contributed by atoms with Crippen molar-refractivity contribution in [3.05, 3.63) is 78.1 Å². The molecular formula is C23H23N3O4S. The minimum Gasteiger partial charge on any atom is -0.493 e. The number of hydrogen-bond donors (Lipinski definition) is 2. The summed E-state index contributed by atoms with van der Waals surface area (Å²) in [6, 6.07) is 16.1. The number of anilines is 1. The molecule has 3 rings (SSSR count). The predicted octanol–water partition coefficient (Wildman–Crippen LogP) is 3.76. The number of hydrogen-bond acceptors (Lipinski definition) is 6. The van der Waals surface area contributed by atoms with Crippen molar-refractivity contribution in [2.75, 3.05) is 25.3 Å². The monoisotopic (exact) mass is 437 g/mol. The second kappa shape index (κ2) is 11.0. The van der Waals surface area contributed by atoms with E-state index in [1.54, 1.807) is 56.9 Å². The van der Waals surface area contributed by atoms with E-state index in [4.69, 9.17) is 9.47 Å². The van der Waals surface area contributed by atoms with Gasteiger partial charge >= 0.3 is 0 Å². The first kappa shape index (κ1) is 22.2. The first-order valence-electron chi connectivity index (χ1n) is 9.51. The standard InChI is InChI=1S/C23H23N3O4S/c1-29-20-10-9-17(12-21(20)30-2)31-15-22(27)26-19-8-4-3-7-18(19)23(28)25-14-16-6-5-11-24-13-16/h3-13H,14-15H2,1-2H3,(H,25,28)(H,26,27). The maximum absolute atomic E-state index is 12.6. The average molecular weight is 438 g/mol. The van der Waals surface area contributed by atoms with Crippen LogP contribution in [0, 0.1) is 0 Å². The van der Waals surface area contributed by atoms with Crippen LogP contribution < -0.4 is 20.1 Å². The highest BCUT2D eigenvalue weighted by Crippen LogP contribution is 2.31. The molecule has 0 saturated heterocycles. The summed E-state index contributed by atoms with van der Waals surface area (Å²) in [4.78, 5) is 30.0. The van der Waals surface area contributed by atoms with Gasteiger partial charge in [0.25, 0.3) is 5.91 Å². The Morgan fingerprint density at radius 2 is 1.81 bits per heavy atom. The first-order valence-corrected chi connectivity index (χ1v) is 10.5. The highest BCUT2D eigenvalue weighted by atomic mass is 32.2. The lowest BCUT2D eigenvalue weighted by Crippen LogP contribution is -2.25. The SMILES string of the molecule is COc1ccc(SCC(=O)Nc2ccccc2C(=O)NCc2cccnc2)cc1OC. The maximum Gasteiger partial charge on any atom is 0.253 e. The highest BCUT2D eigenvalue weighted by Gasteiger charge is 2.14. The number of pyridine rings is 1. The van der Waals surface area contributed by atoms with Gasteiger partial charge in [-0.1, -0.05) is 18.2 Å². The van der Waals surface area contributed by atoms with Gasteiger partial charge in [0.15, 0.2) is 11.5 Å². The summed E-state index contributed by atoms with van der Waals surface area (Å²) >= 11 is 1.36. The molecule has 2 aromatic carbocycles. The number of benzene rings is 2. The summed E-state index contributed by atoms with van der Waals surface area (Å²) in [6.45, 7) is 0.351. The van der Waals surface area contributed by atoms with Gasteiger partial charge in [-0.25, -0.2) is 0 Å². The summed E-state index contributed by atoms with van der Waals surface area (Å²) in [7, 11) is 3.14. The number of aromatic nitrogens is 1. The minimum absolute atomic E-state index is 0.182. The van der Waals surface area contributed by atoms with Crippen LogP contribution >= 0.6 is 11.8 Å². The molecule has 2 amide bonds. The molecule has 1 aromatic heterocycles. The molecular weight excluding hydrogens is 414 g/mol. The van der Waals surface area contributed by atoms with Crippen LogP contribution in [0.25, 0.3) is 0 Å². The lowest BCUT2D eigenvalue weighted by molar-refractivity contribution is -0.113. The Hall–Kier alpha value is -3.52. The summed E-state index contributed by atoms with van der Waals surface area (Å²) < 4.78 is 10.5. The fourth-order valence-corrected chi connectivity index (χ4v) is 3.54. The van der Waals surface area contributed by atoms with Crippen LogP contribution in [0.3, 0.4) is 0 Å². The molecule has 0 bridgehead atoms. The van der Waals surface area contributed by atoms with Gasteiger partial charge in [0.1, 0.15) is 0 Å². The van der Waals surface area contributed by atoms with E-state index in [0.29, 0.717) is 29.3 Å². The van der Waals surface area contributed by atoms with Gasteiger partial charge < -0.3 is 20.1 Å². The smallest absolute Gasteiger partial charge is 0.253 e. The van der Waals surface area contributed by atoms with Crippen LogP contribution in [0.5, 0.6) is 11.5 Å². The van der Waals surface area contributed by atoms with Crippen molar-refractivity contribution in [1.82, 2.24) is 10.3 Å². The van der Waals surface area contributed by atoms with E-state index < -0.39 is 0 Å². The number of ether oxygens (including phenoxy) is 2. The molecule has 8 heteroatoms.